The molecule has 2 aromatic rings. The van der Waals surface area contributed by atoms with Crippen molar-refractivity contribution in [1.29, 1.82) is 0 Å². The third-order valence-corrected chi connectivity index (χ3v) is 3.67. The van der Waals surface area contributed by atoms with Crippen molar-refractivity contribution in [2.75, 3.05) is 25.5 Å². The zero-order valence-electron chi connectivity index (χ0n) is 13.2. The second-order valence-electron chi connectivity index (χ2n) is 5.49. The fourth-order valence-electron chi connectivity index (χ4n) is 2.44. The molecule has 1 N–H and O–H groups in total. The maximum absolute atomic E-state index is 13.5. The second kappa shape index (κ2) is 6.72. The maximum Gasteiger partial charge on any atom is 0.126 e. The fraction of sp³-hybridized carbons (Fsp3) is 0.333. The number of rotatable bonds is 5. The van der Waals surface area contributed by atoms with Crippen LogP contribution in [0.25, 0.3) is 0 Å². The Morgan fingerprint density at radius 1 is 1.05 bits per heavy atom. The molecule has 1 unspecified atom stereocenters. The number of hydrogen-bond acceptors (Lipinski definition) is 2. The first-order valence-corrected chi connectivity index (χ1v) is 7.29. The molecule has 0 saturated carbocycles. The number of nitrogens with zero attached hydrogens (tertiary/aromatic N) is 1. The van der Waals surface area contributed by atoms with Gasteiger partial charge in [-0.1, -0.05) is 31.2 Å². The van der Waals surface area contributed by atoms with Crippen LogP contribution in [-0.4, -0.2) is 20.6 Å². The van der Waals surface area contributed by atoms with Crippen molar-refractivity contribution >= 4 is 5.69 Å². The summed E-state index contributed by atoms with van der Waals surface area (Å²) in [6.07, 6.45) is 0. The van der Waals surface area contributed by atoms with E-state index < -0.39 is 0 Å². The van der Waals surface area contributed by atoms with Crippen LogP contribution in [0.3, 0.4) is 0 Å². The molecule has 0 aliphatic rings. The van der Waals surface area contributed by atoms with Gasteiger partial charge in [0.05, 0.1) is 6.04 Å². The molecule has 0 heterocycles. The van der Waals surface area contributed by atoms with Crippen molar-refractivity contribution in [3.63, 3.8) is 0 Å². The van der Waals surface area contributed by atoms with Crippen LogP contribution in [0.4, 0.5) is 10.1 Å². The van der Waals surface area contributed by atoms with Crippen LogP contribution < -0.4 is 10.2 Å². The standard InChI is InChI=1S/C18H23FN2/c1-5-20-18(15-8-11-17(19)13(2)12-15)14-6-9-16(10-7-14)21(3)4/h6-12,18,20H,5H2,1-4H3. The van der Waals surface area contributed by atoms with Gasteiger partial charge in [-0.05, 0) is 48.4 Å². The summed E-state index contributed by atoms with van der Waals surface area (Å²) in [5.74, 6) is -0.156. The van der Waals surface area contributed by atoms with E-state index in [1.807, 2.05) is 26.2 Å². The van der Waals surface area contributed by atoms with Crippen LogP contribution in [-0.2, 0) is 0 Å². The highest BCUT2D eigenvalue weighted by atomic mass is 19.1. The number of hydrogen-bond donors (Lipinski definition) is 1. The highest BCUT2D eigenvalue weighted by Crippen LogP contribution is 2.25. The van der Waals surface area contributed by atoms with Crippen LogP contribution in [0.2, 0.25) is 0 Å². The number of anilines is 1. The predicted molar refractivity (Wildman–Crippen MR) is 87.4 cm³/mol. The summed E-state index contributed by atoms with van der Waals surface area (Å²) in [5.41, 5.74) is 4.13. The van der Waals surface area contributed by atoms with Crippen molar-refractivity contribution in [1.82, 2.24) is 5.32 Å². The van der Waals surface area contributed by atoms with Gasteiger partial charge >= 0.3 is 0 Å². The van der Waals surface area contributed by atoms with Crippen LogP contribution in [0.1, 0.15) is 29.7 Å². The lowest BCUT2D eigenvalue weighted by atomic mass is 9.97. The van der Waals surface area contributed by atoms with E-state index in [1.54, 1.807) is 13.0 Å². The quantitative estimate of drug-likeness (QED) is 0.897. The molecule has 1 atom stereocenters. The largest absolute Gasteiger partial charge is 0.378 e. The van der Waals surface area contributed by atoms with Gasteiger partial charge in [-0.2, -0.15) is 0 Å². The van der Waals surface area contributed by atoms with Gasteiger partial charge in [0.15, 0.2) is 0 Å². The van der Waals surface area contributed by atoms with E-state index in [-0.39, 0.29) is 11.9 Å². The van der Waals surface area contributed by atoms with Gasteiger partial charge in [-0.15, -0.1) is 0 Å². The lowest BCUT2D eigenvalue weighted by Gasteiger charge is -2.21. The molecule has 21 heavy (non-hydrogen) atoms. The minimum atomic E-state index is -0.156. The molecule has 0 aromatic heterocycles. The van der Waals surface area contributed by atoms with E-state index in [9.17, 15) is 4.39 Å². The normalized spacial score (nSPS) is 12.2. The zero-order valence-corrected chi connectivity index (χ0v) is 13.2. The lowest BCUT2D eigenvalue weighted by Crippen LogP contribution is -2.22. The Morgan fingerprint density at radius 3 is 2.19 bits per heavy atom. The molecule has 3 heteroatoms. The van der Waals surface area contributed by atoms with E-state index in [0.29, 0.717) is 5.56 Å². The second-order valence-corrected chi connectivity index (χ2v) is 5.49. The summed E-state index contributed by atoms with van der Waals surface area (Å²) in [4.78, 5) is 2.08. The predicted octanol–water partition coefficient (Wildman–Crippen LogP) is 3.90. The van der Waals surface area contributed by atoms with Crippen molar-refractivity contribution in [2.24, 2.45) is 0 Å². The number of aryl methyl sites for hydroxylation is 1. The van der Waals surface area contributed by atoms with E-state index in [1.165, 1.54) is 11.3 Å². The summed E-state index contributed by atoms with van der Waals surface area (Å²) in [5, 5.41) is 3.47. The van der Waals surface area contributed by atoms with E-state index in [2.05, 4.69) is 41.4 Å². The fourth-order valence-corrected chi connectivity index (χ4v) is 2.44. The highest BCUT2D eigenvalue weighted by Gasteiger charge is 2.14. The van der Waals surface area contributed by atoms with Crippen molar-refractivity contribution in [3.8, 4) is 0 Å². The van der Waals surface area contributed by atoms with E-state index >= 15 is 0 Å². The zero-order chi connectivity index (χ0) is 15.4. The first-order chi connectivity index (χ1) is 10.0. The van der Waals surface area contributed by atoms with Crippen LogP contribution >= 0.6 is 0 Å². The molecular formula is C18H23FN2. The molecule has 0 aliphatic heterocycles. The van der Waals surface area contributed by atoms with Gasteiger partial charge < -0.3 is 10.2 Å². The third-order valence-electron chi connectivity index (χ3n) is 3.67. The van der Waals surface area contributed by atoms with Gasteiger partial charge in [0.25, 0.3) is 0 Å². The Kier molecular flexibility index (Phi) is 4.97. The van der Waals surface area contributed by atoms with Gasteiger partial charge in [-0.25, -0.2) is 4.39 Å². The average Bonchev–Trinajstić information content (AvgIpc) is 2.48. The van der Waals surface area contributed by atoms with Crippen LogP contribution in [0.15, 0.2) is 42.5 Å². The van der Waals surface area contributed by atoms with Crippen molar-refractivity contribution in [2.45, 2.75) is 19.9 Å². The summed E-state index contributed by atoms with van der Waals surface area (Å²) in [6, 6.07) is 13.9. The molecular weight excluding hydrogens is 263 g/mol. The first-order valence-electron chi connectivity index (χ1n) is 7.29. The number of halogens is 1. The molecule has 112 valence electrons. The van der Waals surface area contributed by atoms with Gasteiger partial charge in [-0.3, -0.25) is 0 Å². The molecule has 0 fully saturated rings. The molecule has 2 aromatic carbocycles. The molecule has 2 nitrogen and oxygen atoms in total. The van der Waals surface area contributed by atoms with Crippen LogP contribution in [0, 0.1) is 12.7 Å². The Bertz CT molecular complexity index is 591. The minimum Gasteiger partial charge on any atom is -0.378 e. The third kappa shape index (κ3) is 3.61. The van der Waals surface area contributed by atoms with Gasteiger partial charge in [0.1, 0.15) is 5.82 Å². The highest BCUT2D eigenvalue weighted by molar-refractivity contribution is 5.48. The van der Waals surface area contributed by atoms with Crippen molar-refractivity contribution in [3.05, 3.63) is 65.0 Å². The monoisotopic (exact) mass is 286 g/mol. The van der Waals surface area contributed by atoms with Crippen molar-refractivity contribution < 1.29 is 4.39 Å². The maximum atomic E-state index is 13.5. The number of benzene rings is 2. The van der Waals surface area contributed by atoms with Crippen LogP contribution in [0.5, 0.6) is 0 Å². The molecule has 0 spiro atoms. The summed E-state index contributed by atoms with van der Waals surface area (Å²) >= 11 is 0. The Balaban J connectivity index is 2.35. The minimum absolute atomic E-state index is 0.0884. The summed E-state index contributed by atoms with van der Waals surface area (Å²) < 4.78 is 13.5. The molecule has 2 rings (SSSR count). The Hall–Kier alpha value is -1.87. The Morgan fingerprint density at radius 2 is 1.67 bits per heavy atom. The molecule has 0 aliphatic carbocycles. The summed E-state index contributed by atoms with van der Waals surface area (Å²) in [6.45, 7) is 4.74. The Labute approximate surface area is 126 Å². The SMILES string of the molecule is CCNC(c1ccc(N(C)C)cc1)c1ccc(F)c(C)c1. The lowest BCUT2D eigenvalue weighted by molar-refractivity contribution is 0.606. The number of nitrogens with one attached hydrogen (secondary N) is 1. The molecule has 0 radical (unpaired) electrons. The van der Waals surface area contributed by atoms with Gasteiger partial charge in [0.2, 0.25) is 0 Å². The smallest absolute Gasteiger partial charge is 0.126 e. The molecule has 0 bridgehead atoms. The molecule has 0 amide bonds. The average molecular weight is 286 g/mol. The summed E-state index contributed by atoms with van der Waals surface area (Å²) in [7, 11) is 4.06. The topological polar surface area (TPSA) is 15.3 Å². The van der Waals surface area contributed by atoms with E-state index in [4.69, 9.17) is 0 Å². The van der Waals surface area contributed by atoms with E-state index in [0.717, 1.165) is 12.1 Å². The first kappa shape index (κ1) is 15.5. The molecule has 0 saturated heterocycles. The van der Waals surface area contributed by atoms with Gasteiger partial charge in [0, 0.05) is 19.8 Å².